The molecule has 0 atom stereocenters. The van der Waals surface area contributed by atoms with E-state index in [-0.39, 0.29) is 0 Å². The summed E-state index contributed by atoms with van der Waals surface area (Å²) in [6.07, 6.45) is 0. The quantitative estimate of drug-likeness (QED) is 0.495. The first-order chi connectivity index (χ1) is 3.29. The number of aromatic amines is 1. The molecule has 1 aromatic rings. The third kappa shape index (κ3) is 0.738. The molecule has 1 aromatic heterocycles. The van der Waals surface area contributed by atoms with E-state index in [1.165, 1.54) is 0 Å². The summed E-state index contributed by atoms with van der Waals surface area (Å²) >= 11 is 0. The van der Waals surface area contributed by atoms with Gasteiger partial charge in [-0.2, -0.15) is 0 Å². The molecule has 0 spiro atoms. The number of hydrogen-bond acceptors (Lipinski definition) is 1. The molecule has 0 amide bonds. The van der Waals surface area contributed by atoms with Gasteiger partial charge >= 0.3 is 0 Å². The van der Waals surface area contributed by atoms with Gasteiger partial charge in [0.15, 0.2) is 0 Å². The second-order valence-electron chi connectivity index (χ2n) is 1.60. The van der Waals surface area contributed by atoms with Crippen LogP contribution in [-0.4, -0.2) is 4.98 Å². The number of aryl methyl sites for hydroxylation is 1. The molecule has 0 fully saturated rings. The van der Waals surface area contributed by atoms with Gasteiger partial charge in [-0.3, -0.25) is 0 Å². The van der Waals surface area contributed by atoms with Crippen molar-refractivity contribution in [3.8, 4) is 0 Å². The summed E-state index contributed by atoms with van der Waals surface area (Å²) in [7, 11) is 0. The number of hydrogen-bond donors (Lipinski definition) is 2. The molecule has 0 bridgehead atoms. The van der Waals surface area contributed by atoms with Crippen LogP contribution in [0.4, 0.5) is 5.82 Å². The van der Waals surface area contributed by atoms with Crippen LogP contribution in [0.1, 0.15) is 5.69 Å². The Kier molecular flexibility index (Phi) is 0.785. The van der Waals surface area contributed by atoms with Gasteiger partial charge in [-0.05, 0) is 19.1 Å². The molecular weight excluding hydrogens is 88.1 g/mol. The van der Waals surface area contributed by atoms with Crippen molar-refractivity contribution < 1.29 is 0 Å². The van der Waals surface area contributed by atoms with E-state index in [0.717, 1.165) is 11.5 Å². The Bertz CT molecular complexity index is 138. The predicted octanol–water partition coefficient (Wildman–Crippen LogP) is 0.905. The zero-order chi connectivity index (χ0) is 5.28. The summed E-state index contributed by atoms with van der Waals surface area (Å²) in [6.45, 7) is 1.97. The molecule has 38 valence electrons. The SMILES string of the molecule is Cc1ccc(N)[nH]1. The first-order valence-corrected chi connectivity index (χ1v) is 2.20. The summed E-state index contributed by atoms with van der Waals surface area (Å²) in [4.78, 5) is 2.92. The number of anilines is 1. The van der Waals surface area contributed by atoms with Crippen LogP contribution >= 0.6 is 0 Å². The summed E-state index contributed by atoms with van der Waals surface area (Å²) < 4.78 is 0. The van der Waals surface area contributed by atoms with Crippen molar-refractivity contribution in [1.29, 1.82) is 0 Å². The van der Waals surface area contributed by atoms with E-state index >= 15 is 0 Å². The Morgan fingerprint density at radius 2 is 2.29 bits per heavy atom. The summed E-state index contributed by atoms with van der Waals surface area (Å²) in [5.41, 5.74) is 6.43. The van der Waals surface area contributed by atoms with E-state index in [9.17, 15) is 0 Å². The first-order valence-electron chi connectivity index (χ1n) is 2.20. The van der Waals surface area contributed by atoms with E-state index in [4.69, 9.17) is 5.73 Å². The molecule has 0 aliphatic rings. The van der Waals surface area contributed by atoms with Gasteiger partial charge in [-0.1, -0.05) is 0 Å². The third-order valence-corrected chi connectivity index (χ3v) is 0.854. The summed E-state index contributed by atoms with van der Waals surface area (Å²) in [6, 6.07) is 3.78. The molecule has 7 heavy (non-hydrogen) atoms. The Morgan fingerprint density at radius 1 is 1.57 bits per heavy atom. The maximum atomic E-state index is 5.32. The fourth-order valence-corrected chi connectivity index (χ4v) is 0.526. The lowest BCUT2D eigenvalue weighted by Crippen LogP contribution is -1.81. The van der Waals surface area contributed by atoms with Crippen LogP contribution in [0.25, 0.3) is 0 Å². The van der Waals surface area contributed by atoms with Crippen molar-refractivity contribution in [3.05, 3.63) is 17.8 Å². The van der Waals surface area contributed by atoms with E-state index in [1.54, 1.807) is 0 Å². The molecule has 3 N–H and O–H groups in total. The molecular formula is C5H8N2. The number of rotatable bonds is 0. The van der Waals surface area contributed by atoms with E-state index < -0.39 is 0 Å². The molecule has 0 aromatic carbocycles. The average molecular weight is 96.1 g/mol. The normalized spacial score (nSPS) is 9.29. The molecule has 0 saturated carbocycles. The molecule has 0 aliphatic heterocycles. The van der Waals surface area contributed by atoms with Crippen molar-refractivity contribution in [2.75, 3.05) is 5.73 Å². The number of H-pyrrole nitrogens is 1. The van der Waals surface area contributed by atoms with Gasteiger partial charge in [0.1, 0.15) is 5.82 Å². The minimum atomic E-state index is 0.734. The lowest BCUT2D eigenvalue weighted by atomic mass is 10.5. The van der Waals surface area contributed by atoms with Crippen LogP contribution in [0, 0.1) is 6.92 Å². The highest BCUT2D eigenvalue weighted by molar-refractivity contribution is 5.30. The number of aromatic nitrogens is 1. The first kappa shape index (κ1) is 4.24. The zero-order valence-corrected chi connectivity index (χ0v) is 4.23. The summed E-state index contributed by atoms with van der Waals surface area (Å²) in [5.74, 6) is 0.734. The summed E-state index contributed by atoms with van der Waals surface area (Å²) in [5, 5.41) is 0. The van der Waals surface area contributed by atoms with Crippen molar-refractivity contribution >= 4 is 5.82 Å². The minimum Gasteiger partial charge on any atom is -0.385 e. The monoisotopic (exact) mass is 96.1 g/mol. The Balaban J connectivity index is 3.04. The van der Waals surface area contributed by atoms with Crippen molar-refractivity contribution in [1.82, 2.24) is 4.98 Å². The van der Waals surface area contributed by atoms with Gasteiger partial charge in [0, 0.05) is 5.69 Å². The largest absolute Gasteiger partial charge is 0.385 e. The van der Waals surface area contributed by atoms with Gasteiger partial charge in [0.05, 0.1) is 0 Å². The zero-order valence-electron chi connectivity index (χ0n) is 4.23. The van der Waals surface area contributed by atoms with Crippen LogP contribution < -0.4 is 5.73 Å². The molecule has 0 aliphatic carbocycles. The second kappa shape index (κ2) is 1.30. The van der Waals surface area contributed by atoms with Crippen LogP contribution in [0.5, 0.6) is 0 Å². The molecule has 2 nitrogen and oxygen atoms in total. The molecule has 1 rings (SSSR count). The standard InChI is InChI=1S/C5H8N2/c1-4-2-3-5(6)7-4/h2-3,7H,6H2,1H3. The molecule has 0 unspecified atom stereocenters. The Morgan fingerprint density at radius 3 is 2.43 bits per heavy atom. The molecule has 0 saturated heterocycles. The molecule has 2 heteroatoms. The van der Waals surface area contributed by atoms with Gasteiger partial charge in [-0.15, -0.1) is 0 Å². The smallest absolute Gasteiger partial charge is 0.100 e. The predicted molar refractivity (Wildman–Crippen MR) is 29.9 cm³/mol. The van der Waals surface area contributed by atoms with Gasteiger partial charge in [-0.25, -0.2) is 0 Å². The molecule has 1 heterocycles. The van der Waals surface area contributed by atoms with Crippen molar-refractivity contribution in [2.45, 2.75) is 6.92 Å². The topological polar surface area (TPSA) is 41.8 Å². The van der Waals surface area contributed by atoms with Crippen molar-refractivity contribution in [2.24, 2.45) is 0 Å². The van der Waals surface area contributed by atoms with E-state index in [1.807, 2.05) is 19.1 Å². The second-order valence-corrected chi connectivity index (χ2v) is 1.60. The maximum Gasteiger partial charge on any atom is 0.100 e. The Hall–Kier alpha value is -0.920. The van der Waals surface area contributed by atoms with Gasteiger partial charge < -0.3 is 10.7 Å². The number of nitrogen functional groups attached to an aromatic ring is 1. The fourth-order valence-electron chi connectivity index (χ4n) is 0.526. The van der Waals surface area contributed by atoms with E-state index in [2.05, 4.69) is 4.98 Å². The average Bonchev–Trinajstić information content (AvgIpc) is 1.87. The lowest BCUT2D eigenvalue weighted by molar-refractivity contribution is 1.27. The third-order valence-electron chi connectivity index (χ3n) is 0.854. The van der Waals surface area contributed by atoms with Crippen molar-refractivity contribution in [3.63, 3.8) is 0 Å². The van der Waals surface area contributed by atoms with Crippen LogP contribution in [0.3, 0.4) is 0 Å². The highest BCUT2D eigenvalue weighted by atomic mass is 14.8. The van der Waals surface area contributed by atoms with Crippen LogP contribution in [0.15, 0.2) is 12.1 Å². The number of nitrogens with one attached hydrogen (secondary N) is 1. The van der Waals surface area contributed by atoms with Gasteiger partial charge in [0.2, 0.25) is 0 Å². The van der Waals surface area contributed by atoms with E-state index in [0.29, 0.717) is 0 Å². The minimum absolute atomic E-state index is 0.734. The lowest BCUT2D eigenvalue weighted by Gasteiger charge is -1.78. The molecule has 0 radical (unpaired) electrons. The fraction of sp³-hybridized carbons (Fsp3) is 0.200. The van der Waals surface area contributed by atoms with Gasteiger partial charge in [0.25, 0.3) is 0 Å². The number of nitrogens with two attached hydrogens (primary N) is 1. The maximum absolute atomic E-state index is 5.32. The van der Waals surface area contributed by atoms with Crippen LogP contribution in [-0.2, 0) is 0 Å². The van der Waals surface area contributed by atoms with Crippen LogP contribution in [0.2, 0.25) is 0 Å². The highest BCUT2D eigenvalue weighted by Gasteiger charge is 1.82. The Labute approximate surface area is 42.3 Å². The highest BCUT2D eigenvalue weighted by Crippen LogP contribution is 1.98.